The minimum atomic E-state index is -3.62. The number of sulfonamides is 1. The predicted octanol–water partition coefficient (Wildman–Crippen LogP) is 2.59. The normalized spacial score (nSPS) is 15.1. The summed E-state index contributed by atoms with van der Waals surface area (Å²) in [6.45, 7) is 1.03. The van der Waals surface area contributed by atoms with E-state index in [2.05, 4.69) is 5.32 Å². The van der Waals surface area contributed by atoms with Crippen LogP contribution in [0, 0.1) is 0 Å². The molecule has 1 saturated heterocycles. The summed E-state index contributed by atoms with van der Waals surface area (Å²) in [5.41, 5.74) is 0.686. The topological polar surface area (TPSA) is 86.8 Å². The molecule has 1 aliphatic heterocycles. The van der Waals surface area contributed by atoms with E-state index in [9.17, 15) is 18.0 Å². The van der Waals surface area contributed by atoms with E-state index < -0.39 is 10.0 Å². The van der Waals surface area contributed by atoms with Crippen LogP contribution in [0.2, 0.25) is 5.02 Å². The lowest BCUT2D eigenvalue weighted by molar-refractivity contribution is -0.133. The van der Waals surface area contributed by atoms with Crippen molar-refractivity contribution in [3.8, 4) is 0 Å². The Morgan fingerprint density at radius 3 is 2.14 bits per heavy atom. The van der Waals surface area contributed by atoms with Crippen LogP contribution in [0.1, 0.15) is 12.8 Å². The molecule has 0 unspecified atom stereocenters. The largest absolute Gasteiger partial charge is 0.340 e. The van der Waals surface area contributed by atoms with Crippen molar-refractivity contribution < 1.29 is 18.0 Å². The van der Waals surface area contributed by atoms with Crippen LogP contribution in [-0.2, 0) is 19.6 Å². The first-order chi connectivity index (χ1) is 13.9. The Morgan fingerprint density at radius 2 is 1.52 bits per heavy atom. The average Bonchev–Trinajstić information content (AvgIpc) is 2.73. The number of hydrogen-bond acceptors (Lipinski definition) is 4. The van der Waals surface area contributed by atoms with Crippen molar-refractivity contribution in [2.45, 2.75) is 17.7 Å². The molecule has 2 aromatic rings. The molecular formula is C20H22ClN3O4S. The van der Waals surface area contributed by atoms with Gasteiger partial charge in [0.2, 0.25) is 21.8 Å². The number of halogens is 1. The van der Waals surface area contributed by atoms with Gasteiger partial charge in [-0.05, 0) is 36.4 Å². The van der Waals surface area contributed by atoms with E-state index in [1.165, 1.54) is 28.6 Å². The van der Waals surface area contributed by atoms with E-state index in [4.69, 9.17) is 11.6 Å². The van der Waals surface area contributed by atoms with Gasteiger partial charge in [0.1, 0.15) is 0 Å². The Balaban J connectivity index is 1.48. The van der Waals surface area contributed by atoms with Gasteiger partial charge in [-0.1, -0.05) is 29.8 Å². The van der Waals surface area contributed by atoms with Crippen molar-refractivity contribution in [3.63, 3.8) is 0 Å². The second-order valence-corrected chi connectivity index (χ2v) is 9.03. The van der Waals surface area contributed by atoms with Gasteiger partial charge in [-0.25, -0.2) is 8.42 Å². The summed E-state index contributed by atoms with van der Waals surface area (Å²) in [6, 6.07) is 15.1. The van der Waals surface area contributed by atoms with Crippen molar-refractivity contribution >= 4 is 39.1 Å². The SMILES string of the molecule is O=C(CCC(=O)N1CCN(S(=O)(=O)c2ccc(Cl)cc2)CC1)Nc1ccccc1. The highest BCUT2D eigenvalue weighted by molar-refractivity contribution is 7.89. The number of amides is 2. The van der Waals surface area contributed by atoms with Gasteiger partial charge < -0.3 is 10.2 Å². The molecule has 154 valence electrons. The van der Waals surface area contributed by atoms with Crippen molar-refractivity contribution in [1.29, 1.82) is 0 Å². The van der Waals surface area contributed by atoms with Gasteiger partial charge in [-0.15, -0.1) is 0 Å². The maximum Gasteiger partial charge on any atom is 0.243 e. The lowest BCUT2D eigenvalue weighted by atomic mass is 10.2. The zero-order valence-electron chi connectivity index (χ0n) is 15.8. The van der Waals surface area contributed by atoms with E-state index in [1.807, 2.05) is 18.2 Å². The molecule has 1 heterocycles. The Bertz CT molecular complexity index is 957. The number of nitrogens with one attached hydrogen (secondary N) is 1. The summed E-state index contributed by atoms with van der Waals surface area (Å²) in [7, 11) is -3.62. The first-order valence-electron chi connectivity index (χ1n) is 9.24. The van der Waals surface area contributed by atoms with Gasteiger partial charge in [-0.3, -0.25) is 9.59 Å². The number of piperazine rings is 1. The van der Waals surface area contributed by atoms with Crippen molar-refractivity contribution in [1.82, 2.24) is 9.21 Å². The molecule has 1 N–H and O–H groups in total. The number of rotatable bonds is 6. The van der Waals surface area contributed by atoms with E-state index in [1.54, 1.807) is 17.0 Å². The molecule has 9 heteroatoms. The first-order valence-corrected chi connectivity index (χ1v) is 11.1. The molecule has 0 spiro atoms. The zero-order valence-corrected chi connectivity index (χ0v) is 17.3. The van der Waals surface area contributed by atoms with Crippen molar-refractivity contribution in [2.75, 3.05) is 31.5 Å². The summed E-state index contributed by atoms with van der Waals surface area (Å²) < 4.78 is 26.7. The molecular weight excluding hydrogens is 414 g/mol. The summed E-state index contributed by atoms with van der Waals surface area (Å²) in [6.07, 6.45) is 0.166. The second-order valence-electron chi connectivity index (χ2n) is 6.65. The molecule has 0 aliphatic carbocycles. The molecule has 2 amide bonds. The molecule has 29 heavy (non-hydrogen) atoms. The van der Waals surface area contributed by atoms with Crippen LogP contribution in [-0.4, -0.2) is 55.6 Å². The Hall–Kier alpha value is -2.42. The van der Waals surface area contributed by atoms with Gasteiger partial charge in [0.15, 0.2) is 0 Å². The lowest BCUT2D eigenvalue weighted by Gasteiger charge is -2.34. The van der Waals surface area contributed by atoms with Gasteiger partial charge in [0.25, 0.3) is 0 Å². The number of benzene rings is 2. The number of carbonyl (C=O) groups excluding carboxylic acids is 2. The number of hydrogen-bond donors (Lipinski definition) is 1. The summed E-state index contributed by atoms with van der Waals surface area (Å²) >= 11 is 5.82. The molecule has 7 nitrogen and oxygen atoms in total. The number of para-hydroxylation sites is 1. The van der Waals surface area contributed by atoms with E-state index in [0.29, 0.717) is 23.8 Å². The van der Waals surface area contributed by atoms with Crippen LogP contribution in [0.25, 0.3) is 0 Å². The maximum absolute atomic E-state index is 12.7. The highest BCUT2D eigenvalue weighted by Crippen LogP contribution is 2.20. The van der Waals surface area contributed by atoms with Gasteiger partial charge in [0.05, 0.1) is 4.90 Å². The molecule has 0 radical (unpaired) electrons. The number of carbonyl (C=O) groups is 2. The third-order valence-corrected chi connectivity index (χ3v) is 6.83. The van der Waals surface area contributed by atoms with Crippen LogP contribution in [0.15, 0.2) is 59.5 Å². The Labute approximate surface area is 175 Å². The Morgan fingerprint density at radius 1 is 0.897 bits per heavy atom. The molecule has 0 aromatic heterocycles. The average molecular weight is 436 g/mol. The predicted molar refractivity (Wildman–Crippen MR) is 111 cm³/mol. The zero-order chi connectivity index (χ0) is 20.9. The molecule has 3 rings (SSSR count). The summed E-state index contributed by atoms with van der Waals surface area (Å²) in [4.78, 5) is 26.1. The van der Waals surface area contributed by atoms with Gasteiger partial charge >= 0.3 is 0 Å². The molecule has 0 atom stereocenters. The van der Waals surface area contributed by atoms with Crippen LogP contribution < -0.4 is 5.32 Å². The van der Waals surface area contributed by atoms with Crippen LogP contribution >= 0.6 is 11.6 Å². The summed E-state index contributed by atoms with van der Waals surface area (Å²) in [5.74, 6) is -0.384. The quantitative estimate of drug-likeness (QED) is 0.755. The fourth-order valence-corrected chi connectivity index (χ4v) is 4.61. The van der Waals surface area contributed by atoms with Gasteiger partial charge in [0, 0.05) is 49.7 Å². The minimum absolute atomic E-state index is 0.0804. The lowest BCUT2D eigenvalue weighted by Crippen LogP contribution is -2.50. The maximum atomic E-state index is 12.7. The molecule has 2 aromatic carbocycles. The Kier molecular flexibility index (Phi) is 6.89. The van der Waals surface area contributed by atoms with E-state index in [0.717, 1.165) is 0 Å². The minimum Gasteiger partial charge on any atom is -0.340 e. The second kappa shape index (κ2) is 9.39. The first kappa shape index (κ1) is 21.3. The third kappa shape index (κ3) is 5.56. The van der Waals surface area contributed by atoms with E-state index in [-0.39, 0.29) is 42.6 Å². The fourth-order valence-electron chi connectivity index (χ4n) is 3.06. The summed E-state index contributed by atoms with van der Waals surface area (Å²) in [5, 5.41) is 3.21. The van der Waals surface area contributed by atoms with Crippen LogP contribution in [0.4, 0.5) is 5.69 Å². The fraction of sp³-hybridized carbons (Fsp3) is 0.300. The van der Waals surface area contributed by atoms with E-state index >= 15 is 0 Å². The molecule has 1 aliphatic rings. The molecule has 1 fully saturated rings. The van der Waals surface area contributed by atoms with Crippen LogP contribution in [0.5, 0.6) is 0 Å². The number of anilines is 1. The molecule has 0 saturated carbocycles. The molecule has 0 bridgehead atoms. The van der Waals surface area contributed by atoms with Gasteiger partial charge in [-0.2, -0.15) is 4.31 Å². The van der Waals surface area contributed by atoms with Crippen molar-refractivity contribution in [2.24, 2.45) is 0 Å². The smallest absolute Gasteiger partial charge is 0.243 e. The van der Waals surface area contributed by atoms with Crippen molar-refractivity contribution in [3.05, 3.63) is 59.6 Å². The highest BCUT2D eigenvalue weighted by atomic mass is 35.5. The standard InChI is InChI=1S/C20H22ClN3O4S/c21-16-6-8-18(9-7-16)29(27,28)24-14-12-23(13-15-24)20(26)11-10-19(25)22-17-4-2-1-3-5-17/h1-9H,10-15H2,(H,22,25). The third-order valence-electron chi connectivity index (χ3n) is 4.67. The highest BCUT2D eigenvalue weighted by Gasteiger charge is 2.30. The number of nitrogens with zero attached hydrogens (tertiary/aromatic N) is 2. The van der Waals surface area contributed by atoms with Crippen LogP contribution in [0.3, 0.4) is 0 Å². The monoisotopic (exact) mass is 435 g/mol.